The van der Waals surface area contributed by atoms with Crippen molar-refractivity contribution < 1.29 is 17.5 Å². The first-order valence-electron chi connectivity index (χ1n) is 6.89. The molecule has 0 aliphatic heterocycles. The molecule has 1 N–H and O–H groups in total. The highest BCUT2D eigenvalue weighted by molar-refractivity contribution is 7.89. The SMILES string of the molecule is Cc1ccccc1OCC#CCNS(=O)(=O)c1ccccc1F. The molecule has 0 aromatic heterocycles. The number of hydrogen-bond donors (Lipinski definition) is 1. The number of nitrogens with one attached hydrogen (secondary N) is 1. The summed E-state index contributed by atoms with van der Waals surface area (Å²) in [5.74, 6) is 5.27. The summed E-state index contributed by atoms with van der Waals surface area (Å²) >= 11 is 0. The largest absolute Gasteiger partial charge is 0.481 e. The number of benzene rings is 2. The fourth-order valence-corrected chi connectivity index (χ4v) is 2.82. The summed E-state index contributed by atoms with van der Waals surface area (Å²) in [6.07, 6.45) is 0. The monoisotopic (exact) mass is 333 g/mol. The third kappa shape index (κ3) is 4.81. The summed E-state index contributed by atoms with van der Waals surface area (Å²) in [7, 11) is -3.91. The molecule has 0 aliphatic rings. The Hall–Kier alpha value is -2.36. The molecule has 120 valence electrons. The van der Waals surface area contributed by atoms with E-state index in [4.69, 9.17) is 4.74 Å². The van der Waals surface area contributed by atoms with Crippen LogP contribution in [0.3, 0.4) is 0 Å². The zero-order chi connectivity index (χ0) is 16.7. The average molecular weight is 333 g/mol. The molecule has 0 heterocycles. The number of para-hydroxylation sites is 1. The van der Waals surface area contributed by atoms with Gasteiger partial charge < -0.3 is 4.74 Å². The van der Waals surface area contributed by atoms with Gasteiger partial charge in [0.05, 0.1) is 6.54 Å². The Morgan fingerprint density at radius 3 is 2.52 bits per heavy atom. The van der Waals surface area contributed by atoms with Gasteiger partial charge in [-0.1, -0.05) is 42.2 Å². The van der Waals surface area contributed by atoms with Crippen molar-refractivity contribution in [1.29, 1.82) is 0 Å². The summed E-state index contributed by atoms with van der Waals surface area (Å²) in [6, 6.07) is 12.7. The van der Waals surface area contributed by atoms with Crippen LogP contribution in [0.4, 0.5) is 4.39 Å². The maximum absolute atomic E-state index is 13.5. The third-order valence-corrected chi connectivity index (χ3v) is 4.43. The molecular weight excluding hydrogens is 317 g/mol. The van der Waals surface area contributed by atoms with E-state index >= 15 is 0 Å². The Balaban J connectivity index is 1.86. The zero-order valence-electron chi connectivity index (χ0n) is 12.5. The zero-order valence-corrected chi connectivity index (χ0v) is 13.4. The maximum Gasteiger partial charge on any atom is 0.244 e. The second kappa shape index (κ2) is 7.77. The summed E-state index contributed by atoms with van der Waals surface area (Å²) in [6.45, 7) is 1.95. The van der Waals surface area contributed by atoms with Crippen molar-refractivity contribution in [1.82, 2.24) is 4.72 Å². The highest BCUT2D eigenvalue weighted by Crippen LogP contribution is 2.15. The van der Waals surface area contributed by atoms with Crippen molar-refractivity contribution in [2.45, 2.75) is 11.8 Å². The number of halogens is 1. The third-order valence-electron chi connectivity index (χ3n) is 3.00. The number of ether oxygens (including phenoxy) is 1. The van der Waals surface area contributed by atoms with Crippen molar-refractivity contribution >= 4 is 10.0 Å². The van der Waals surface area contributed by atoms with Crippen LogP contribution in [-0.2, 0) is 10.0 Å². The van der Waals surface area contributed by atoms with Crippen LogP contribution in [0, 0.1) is 24.6 Å². The molecule has 2 aromatic rings. The standard InChI is InChI=1S/C17H16FNO3S/c1-14-8-2-4-10-16(14)22-13-7-6-12-19-23(20,21)17-11-5-3-9-15(17)18/h2-5,8-11,19H,12-13H2,1H3. The van der Waals surface area contributed by atoms with Gasteiger partial charge in [0.15, 0.2) is 0 Å². The lowest BCUT2D eigenvalue weighted by Gasteiger charge is -2.05. The lowest BCUT2D eigenvalue weighted by atomic mass is 10.2. The molecule has 0 saturated heterocycles. The molecule has 0 aliphatic carbocycles. The van der Waals surface area contributed by atoms with E-state index in [1.165, 1.54) is 18.2 Å². The van der Waals surface area contributed by atoms with Gasteiger partial charge in [-0.3, -0.25) is 0 Å². The molecule has 23 heavy (non-hydrogen) atoms. The quantitative estimate of drug-likeness (QED) is 0.856. The second-order valence-corrected chi connectivity index (χ2v) is 6.40. The molecule has 2 rings (SSSR count). The average Bonchev–Trinajstić information content (AvgIpc) is 2.52. The molecule has 0 atom stereocenters. The smallest absolute Gasteiger partial charge is 0.244 e. The van der Waals surface area contributed by atoms with E-state index in [1.807, 2.05) is 31.2 Å². The number of rotatable bonds is 5. The van der Waals surface area contributed by atoms with Gasteiger partial charge in [-0.05, 0) is 30.7 Å². The van der Waals surface area contributed by atoms with E-state index in [9.17, 15) is 12.8 Å². The fraction of sp³-hybridized carbons (Fsp3) is 0.176. The van der Waals surface area contributed by atoms with Gasteiger partial charge in [0.2, 0.25) is 10.0 Å². The first-order valence-corrected chi connectivity index (χ1v) is 8.37. The van der Waals surface area contributed by atoms with Gasteiger partial charge in [-0.2, -0.15) is 4.72 Å². The van der Waals surface area contributed by atoms with Gasteiger partial charge in [0, 0.05) is 0 Å². The maximum atomic E-state index is 13.5. The minimum absolute atomic E-state index is 0.117. The van der Waals surface area contributed by atoms with Crippen molar-refractivity contribution in [2.24, 2.45) is 0 Å². The molecule has 0 fully saturated rings. The van der Waals surface area contributed by atoms with Gasteiger partial charge in [0.1, 0.15) is 23.1 Å². The predicted octanol–water partition coefficient (Wildman–Crippen LogP) is 2.49. The van der Waals surface area contributed by atoms with E-state index in [2.05, 4.69) is 16.6 Å². The highest BCUT2D eigenvalue weighted by atomic mass is 32.2. The van der Waals surface area contributed by atoms with E-state index in [0.29, 0.717) is 0 Å². The van der Waals surface area contributed by atoms with Crippen molar-refractivity contribution in [2.75, 3.05) is 13.2 Å². The van der Waals surface area contributed by atoms with E-state index in [1.54, 1.807) is 0 Å². The summed E-state index contributed by atoms with van der Waals surface area (Å²) in [5.41, 5.74) is 0.995. The van der Waals surface area contributed by atoms with Crippen LogP contribution in [0.15, 0.2) is 53.4 Å². The molecule has 0 radical (unpaired) electrons. The molecule has 0 bridgehead atoms. The van der Waals surface area contributed by atoms with Crippen LogP contribution in [-0.4, -0.2) is 21.6 Å². The van der Waals surface area contributed by atoms with E-state index < -0.39 is 20.7 Å². The summed E-state index contributed by atoms with van der Waals surface area (Å²) in [4.78, 5) is -0.391. The Kier molecular flexibility index (Phi) is 5.74. The molecule has 4 nitrogen and oxygen atoms in total. The Labute approximate surface area is 135 Å². The summed E-state index contributed by atoms with van der Waals surface area (Å²) in [5, 5.41) is 0. The van der Waals surface area contributed by atoms with Crippen LogP contribution >= 0.6 is 0 Å². The van der Waals surface area contributed by atoms with Crippen molar-refractivity contribution in [3.63, 3.8) is 0 Å². The first kappa shape index (κ1) is 17.0. The summed E-state index contributed by atoms with van der Waals surface area (Å²) < 4.78 is 45.0. The molecule has 2 aromatic carbocycles. The van der Waals surface area contributed by atoms with Crippen LogP contribution in [0.25, 0.3) is 0 Å². The first-order chi connectivity index (χ1) is 11.0. The Morgan fingerprint density at radius 1 is 1.09 bits per heavy atom. The fourth-order valence-electron chi connectivity index (χ4n) is 1.82. The van der Waals surface area contributed by atoms with Gasteiger partial charge in [-0.25, -0.2) is 12.8 Å². The van der Waals surface area contributed by atoms with Gasteiger partial charge >= 0.3 is 0 Å². The molecular formula is C17H16FNO3S. The normalized spacial score (nSPS) is 10.7. The minimum Gasteiger partial charge on any atom is -0.481 e. The van der Waals surface area contributed by atoms with Crippen LogP contribution in [0.5, 0.6) is 5.75 Å². The Morgan fingerprint density at radius 2 is 1.78 bits per heavy atom. The van der Waals surface area contributed by atoms with Crippen molar-refractivity contribution in [3.05, 3.63) is 59.9 Å². The van der Waals surface area contributed by atoms with Gasteiger partial charge in [-0.15, -0.1) is 0 Å². The molecule has 0 amide bonds. The van der Waals surface area contributed by atoms with Gasteiger partial charge in [0.25, 0.3) is 0 Å². The molecule has 0 unspecified atom stereocenters. The molecule has 0 spiro atoms. The lowest BCUT2D eigenvalue weighted by molar-refractivity contribution is 0.367. The lowest BCUT2D eigenvalue weighted by Crippen LogP contribution is -2.25. The molecule has 6 heteroatoms. The number of sulfonamides is 1. The number of hydrogen-bond acceptors (Lipinski definition) is 3. The van der Waals surface area contributed by atoms with Crippen LogP contribution in [0.1, 0.15) is 5.56 Å². The predicted molar refractivity (Wildman–Crippen MR) is 86.0 cm³/mol. The minimum atomic E-state index is -3.91. The Bertz CT molecular complexity index is 838. The second-order valence-electron chi connectivity index (χ2n) is 4.66. The number of aryl methyl sites for hydroxylation is 1. The molecule has 0 saturated carbocycles. The van der Waals surface area contributed by atoms with E-state index in [0.717, 1.165) is 17.4 Å². The highest BCUT2D eigenvalue weighted by Gasteiger charge is 2.16. The van der Waals surface area contributed by atoms with Crippen LogP contribution in [0.2, 0.25) is 0 Å². The van der Waals surface area contributed by atoms with Crippen LogP contribution < -0.4 is 9.46 Å². The van der Waals surface area contributed by atoms with E-state index in [-0.39, 0.29) is 13.2 Å². The van der Waals surface area contributed by atoms with Crippen molar-refractivity contribution in [3.8, 4) is 17.6 Å². The topological polar surface area (TPSA) is 55.4 Å².